The van der Waals surface area contributed by atoms with Gasteiger partial charge in [-0.2, -0.15) is 10.1 Å². The zero-order valence-electron chi connectivity index (χ0n) is 8.85. The molecule has 2 N–H and O–H groups in total. The second-order valence-corrected chi connectivity index (χ2v) is 3.73. The number of nitro groups is 1. The number of rotatable bonds is 2. The Morgan fingerprint density at radius 3 is 3.06 bits per heavy atom. The highest BCUT2D eigenvalue weighted by molar-refractivity contribution is 6.30. The second kappa shape index (κ2) is 4.42. The largest absolute Gasteiger partial charge is 0.304 e. The molecule has 2 rings (SSSR count). The zero-order valence-corrected chi connectivity index (χ0v) is 9.60. The maximum atomic E-state index is 10.8. The lowest BCUT2D eigenvalue weighted by molar-refractivity contribution is -0.627. The third-order valence-electron chi connectivity index (χ3n) is 2.03. The number of hydrogen-bond donors (Lipinski definition) is 2. The summed E-state index contributed by atoms with van der Waals surface area (Å²) in [6.07, 6.45) is 1.45. The molecular formula is C8H9ClN6O2. The molecule has 0 saturated carbocycles. The molecule has 0 unspecified atom stereocenters. The number of H-pyrrole nitrogens is 1. The number of aryl methyl sites for hydroxylation is 1. The molecule has 2 heterocycles. The molecule has 1 aliphatic heterocycles. The van der Waals surface area contributed by atoms with Crippen molar-refractivity contribution in [3.05, 3.63) is 33.1 Å². The number of aromatic amines is 1. The topological polar surface area (TPSA) is 99.4 Å². The first-order valence-corrected chi connectivity index (χ1v) is 5.09. The SMILES string of the molecule is Cc1cc(NC2=NC(Cl)=CCN2[N+](=O)[O-])n[nH]1. The van der Waals surface area contributed by atoms with Crippen LogP contribution < -0.4 is 5.32 Å². The standard InChI is InChI=1S/C8H9ClN6O2/c1-5-4-7(13-12-5)11-8-10-6(9)2-3-14(8)15(16)17/h2,4H,3H2,1H3,(H2,10,11,12,13). The monoisotopic (exact) mass is 256 g/mol. The molecule has 1 aromatic rings. The molecule has 0 spiro atoms. The van der Waals surface area contributed by atoms with Gasteiger partial charge in [-0.15, -0.1) is 0 Å². The number of hydrazine groups is 1. The van der Waals surface area contributed by atoms with E-state index in [1.54, 1.807) is 6.07 Å². The highest BCUT2D eigenvalue weighted by atomic mass is 35.5. The van der Waals surface area contributed by atoms with Crippen molar-refractivity contribution >= 4 is 23.4 Å². The lowest BCUT2D eigenvalue weighted by Crippen LogP contribution is -2.42. The summed E-state index contributed by atoms with van der Waals surface area (Å²) in [5.41, 5.74) is 0.832. The van der Waals surface area contributed by atoms with E-state index in [1.807, 2.05) is 6.92 Å². The first-order chi connectivity index (χ1) is 8.06. The lowest BCUT2D eigenvalue weighted by Gasteiger charge is -2.17. The van der Waals surface area contributed by atoms with E-state index in [-0.39, 0.29) is 17.7 Å². The Morgan fingerprint density at radius 1 is 1.71 bits per heavy atom. The smallest absolute Gasteiger partial charge is 0.269 e. The Labute approximate surface area is 101 Å². The van der Waals surface area contributed by atoms with Crippen molar-refractivity contribution in [3.63, 3.8) is 0 Å². The van der Waals surface area contributed by atoms with Crippen LogP contribution in [0, 0.1) is 17.0 Å². The molecule has 1 aliphatic rings. The van der Waals surface area contributed by atoms with Crippen LogP contribution in [0.4, 0.5) is 5.82 Å². The number of anilines is 1. The predicted octanol–water partition coefficient (Wildman–Crippen LogP) is 1.07. The number of aliphatic imine (C=N–C) groups is 1. The van der Waals surface area contributed by atoms with E-state index >= 15 is 0 Å². The van der Waals surface area contributed by atoms with E-state index < -0.39 is 5.03 Å². The van der Waals surface area contributed by atoms with Crippen LogP contribution in [0.2, 0.25) is 0 Å². The van der Waals surface area contributed by atoms with E-state index in [1.165, 1.54) is 6.08 Å². The third kappa shape index (κ3) is 2.53. The van der Waals surface area contributed by atoms with Gasteiger partial charge in [-0.3, -0.25) is 5.10 Å². The van der Waals surface area contributed by atoms with E-state index in [2.05, 4.69) is 20.5 Å². The summed E-state index contributed by atoms with van der Waals surface area (Å²) in [4.78, 5) is 14.6. The highest BCUT2D eigenvalue weighted by Crippen LogP contribution is 2.13. The minimum atomic E-state index is -0.564. The fraction of sp³-hybridized carbons (Fsp3) is 0.250. The number of nitrogens with zero attached hydrogens (tertiary/aromatic N) is 4. The maximum Gasteiger partial charge on any atom is 0.269 e. The van der Waals surface area contributed by atoms with Gasteiger partial charge in [-0.25, -0.2) is 10.1 Å². The van der Waals surface area contributed by atoms with Gasteiger partial charge < -0.3 is 5.32 Å². The van der Waals surface area contributed by atoms with Crippen LogP contribution in [-0.2, 0) is 0 Å². The summed E-state index contributed by atoms with van der Waals surface area (Å²) in [6.45, 7) is 1.88. The number of guanidine groups is 1. The fourth-order valence-corrected chi connectivity index (χ4v) is 1.43. The Kier molecular flexibility index (Phi) is 2.96. The Hall–Kier alpha value is -2.09. The van der Waals surface area contributed by atoms with Crippen LogP contribution in [0.15, 0.2) is 22.3 Å². The Balaban J connectivity index is 2.21. The van der Waals surface area contributed by atoms with Crippen LogP contribution >= 0.6 is 11.6 Å². The molecule has 0 aliphatic carbocycles. The molecule has 0 radical (unpaired) electrons. The minimum Gasteiger partial charge on any atom is -0.304 e. The predicted molar refractivity (Wildman–Crippen MR) is 62.0 cm³/mol. The van der Waals surface area contributed by atoms with Gasteiger partial charge in [0.1, 0.15) is 11.7 Å². The van der Waals surface area contributed by atoms with Gasteiger partial charge in [0.25, 0.3) is 5.96 Å². The molecule has 0 atom stereocenters. The Morgan fingerprint density at radius 2 is 2.47 bits per heavy atom. The molecule has 0 aromatic carbocycles. The molecule has 0 amide bonds. The number of aromatic nitrogens is 2. The summed E-state index contributed by atoms with van der Waals surface area (Å²) in [7, 11) is 0. The average Bonchev–Trinajstić information content (AvgIpc) is 2.63. The van der Waals surface area contributed by atoms with Gasteiger partial charge in [-0.1, -0.05) is 16.6 Å². The van der Waals surface area contributed by atoms with E-state index in [0.29, 0.717) is 5.82 Å². The first kappa shape index (κ1) is 11.4. The number of nitrogens with one attached hydrogen (secondary N) is 2. The van der Waals surface area contributed by atoms with Crippen molar-refractivity contribution in [2.75, 3.05) is 11.9 Å². The molecule has 0 bridgehead atoms. The van der Waals surface area contributed by atoms with Crippen molar-refractivity contribution in [3.8, 4) is 0 Å². The van der Waals surface area contributed by atoms with Gasteiger partial charge in [0.15, 0.2) is 10.9 Å². The summed E-state index contributed by atoms with van der Waals surface area (Å²) in [5, 5.41) is 20.6. The molecule has 17 heavy (non-hydrogen) atoms. The van der Waals surface area contributed by atoms with Crippen LogP contribution in [0.25, 0.3) is 0 Å². The second-order valence-electron chi connectivity index (χ2n) is 3.34. The van der Waals surface area contributed by atoms with Crippen molar-refractivity contribution < 1.29 is 5.03 Å². The van der Waals surface area contributed by atoms with Crippen LogP contribution in [0.1, 0.15) is 5.69 Å². The summed E-state index contributed by atoms with van der Waals surface area (Å²) >= 11 is 5.71. The Bertz CT molecular complexity index is 508. The van der Waals surface area contributed by atoms with Gasteiger partial charge in [0, 0.05) is 11.8 Å². The van der Waals surface area contributed by atoms with Crippen molar-refractivity contribution in [2.24, 2.45) is 4.99 Å². The van der Waals surface area contributed by atoms with E-state index in [9.17, 15) is 10.1 Å². The zero-order chi connectivity index (χ0) is 12.4. The third-order valence-corrected chi connectivity index (χ3v) is 2.27. The van der Waals surface area contributed by atoms with Gasteiger partial charge >= 0.3 is 0 Å². The molecular weight excluding hydrogens is 248 g/mol. The van der Waals surface area contributed by atoms with Crippen LogP contribution in [0.5, 0.6) is 0 Å². The molecule has 1 aromatic heterocycles. The first-order valence-electron chi connectivity index (χ1n) is 4.71. The molecule has 0 saturated heterocycles. The molecule has 9 heteroatoms. The lowest BCUT2D eigenvalue weighted by atomic mass is 10.4. The summed E-state index contributed by atoms with van der Waals surface area (Å²) < 4.78 is 0. The molecule has 90 valence electrons. The normalized spacial score (nSPS) is 15.3. The van der Waals surface area contributed by atoms with Crippen molar-refractivity contribution in [1.29, 1.82) is 0 Å². The molecule has 8 nitrogen and oxygen atoms in total. The number of hydrogen-bond acceptors (Lipinski definition) is 5. The van der Waals surface area contributed by atoms with E-state index in [0.717, 1.165) is 10.7 Å². The molecule has 0 fully saturated rings. The van der Waals surface area contributed by atoms with Gasteiger partial charge in [-0.05, 0) is 13.0 Å². The summed E-state index contributed by atoms with van der Waals surface area (Å²) in [6, 6.07) is 1.70. The van der Waals surface area contributed by atoms with Gasteiger partial charge in [0.05, 0.1) is 0 Å². The minimum absolute atomic E-state index is 0.0361. The number of halogens is 1. The van der Waals surface area contributed by atoms with Crippen LogP contribution in [0.3, 0.4) is 0 Å². The highest BCUT2D eigenvalue weighted by Gasteiger charge is 2.25. The van der Waals surface area contributed by atoms with Gasteiger partial charge in [0.2, 0.25) is 0 Å². The summed E-state index contributed by atoms with van der Waals surface area (Å²) in [5.74, 6) is 0.480. The van der Waals surface area contributed by atoms with Crippen LogP contribution in [-0.4, -0.2) is 32.7 Å². The average molecular weight is 257 g/mol. The fourth-order valence-electron chi connectivity index (χ4n) is 1.29. The van der Waals surface area contributed by atoms with E-state index in [4.69, 9.17) is 11.6 Å². The maximum absolute atomic E-state index is 10.8. The quantitative estimate of drug-likeness (QED) is 0.468. The van der Waals surface area contributed by atoms with Crippen molar-refractivity contribution in [1.82, 2.24) is 15.2 Å². The van der Waals surface area contributed by atoms with Crippen molar-refractivity contribution in [2.45, 2.75) is 6.92 Å².